The molecule has 1 atom stereocenters. The molecule has 1 aromatic carbocycles. The lowest BCUT2D eigenvalue weighted by Crippen LogP contribution is -2.40. The molecule has 21 heavy (non-hydrogen) atoms. The van der Waals surface area contributed by atoms with Crippen molar-refractivity contribution in [2.75, 3.05) is 0 Å². The molecule has 0 saturated carbocycles. The van der Waals surface area contributed by atoms with Crippen molar-refractivity contribution in [1.82, 2.24) is 5.32 Å². The van der Waals surface area contributed by atoms with Crippen LogP contribution in [-0.4, -0.2) is 33.2 Å². The molecule has 6 heteroatoms. The Morgan fingerprint density at radius 1 is 1.19 bits per heavy atom. The van der Waals surface area contributed by atoms with Gasteiger partial charge in [0.2, 0.25) is 0 Å². The summed E-state index contributed by atoms with van der Waals surface area (Å²) >= 11 is 0. The molecule has 1 amide bonds. The van der Waals surface area contributed by atoms with Crippen LogP contribution in [0.1, 0.15) is 49.4 Å². The second-order valence-electron chi connectivity index (χ2n) is 4.92. The fraction of sp³-hybridized carbons (Fsp3) is 0.467. The molecule has 0 aliphatic heterocycles. The molecule has 0 bridgehead atoms. The number of unbranched alkanes of at least 4 members (excludes halogenated alkanes) is 3. The largest absolute Gasteiger partial charge is 0.508 e. The summed E-state index contributed by atoms with van der Waals surface area (Å²) in [4.78, 5) is 23.1. The van der Waals surface area contributed by atoms with Crippen LogP contribution in [0.15, 0.2) is 18.2 Å². The molecule has 4 N–H and O–H groups in total. The van der Waals surface area contributed by atoms with E-state index in [9.17, 15) is 19.8 Å². The van der Waals surface area contributed by atoms with E-state index in [2.05, 4.69) is 12.2 Å². The fourth-order valence-corrected chi connectivity index (χ4v) is 1.97. The summed E-state index contributed by atoms with van der Waals surface area (Å²) in [5, 5.41) is 30.4. The molecule has 0 aromatic heterocycles. The highest BCUT2D eigenvalue weighted by atomic mass is 16.4. The summed E-state index contributed by atoms with van der Waals surface area (Å²) in [7, 11) is 0. The first-order chi connectivity index (χ1) is 9.95. The second kappa shape index (κ2) is 8.14. The van der Waals surface area contributed by atoms with Crippen LogP contribution in [0.4, 0.5) is 0 Å². The Bertz CT molecular complexity index is 501. The molecule has 116 valence electrons. The molecule has 1 rings (SSSR count). The first-order valence-electron chi connectivity index (χ1n) is 7.01. The number of hydrogen-bond donors (Lipinski definition) is 4. The van der Waals surface area contributed by atoms with Crippen molar-refractivity contribution in [1.29, 1.82) is 0 Å². The molecule has 1 aromatic rings. The van der Waals surface area contributed by atoms with Gasteiger partial charge >= 0.3 is 5.97 Å². The Kier molecular flexibility index (Phi) is 6.52. The Labute approximate surface area is 123 Å². The van der Waals surface area contributed by atoms with E-state index in [1.807, 2.05) is 0 Å². The maximum absolute atomic E-state index is 12.0. The molecule has 1 unspecified atom stereocenters. The van der Waals surface area contributed by atoms with E-state index in [1.54, 1.807) is 0 Å². The summed E-state index contributed by atoms with van der Waals surface area (Å²) in [6, 6.07) is 2.52. The van der Waals surface area contributed by atoms with E-state index in [0.29, 0.717) is 12.8 Å². The van der Waals surface area contributed by atoms with Gasteiger partial charge in [-0.15, -0.1) is 0 Å². The molecule has 0 aliphatic rings. The highest BCUT2D eigenvalue weighted by Gasteiger charge is 2.21. The number of carbonyl (C=O) groups is 2. The number of nitrogens with one attached hydrogen (secondary N) is 1. The van der Waals surface area contributed by atoms with Crippen LogP contribution in [0.2, 0.25) is 0 Å². The van der Waals surface area contributed by atoms with Crippen molar-refractivity contribution in [2.24, 2.45) is 0 Å². The molecular formula is C15H21NO5. The Morgan fingerprint density at radius 2 is 1.90 bits per heavy atom. The fourth-order valence-electron chi connectivity index (χ4n) is 1.97. The summed E-state index contributed by atoms with van der Waals surface area (Å²) in [5.74, 6) is -2.31. The van der Waals surface area contributed by atoms with Gasteiger partial charge in [0.15, 0.2) is 0 Å². The third-order valence-electron chi connectivity index (χ3n) is 3.17. The lowest BCUT2D eigenvalue weighted by atomic mass is 10.1. The molecule has 0 spiro atoms. The minimum absolute atomic E-state index is 0.144. The lowest BCUT2D eigenvalue weighted by Gasteiger charge is -2.15. The van der Waals surface area contributed by atoms with Crippen molar-refractivity contribution in [3.63, 3.8) is 0 Å². The van der Waals surface area contributed by atoms with Crippen LogP contribution in [0.25, 0.3) is 0 Å². The van der Waals surface area contributed by atoms with Gasteiger partial charge in [-0.05, 0) is 24.6 Å². The Morgan fingerprint density at radius 3 is 2.52 bits per heavy atom. The lowest BCUT2D eigenvalue weighted by molar-refractivity contribution is -0.139. The van der Waals surface area contributed by atoms with Crippen LogP contribution in [-0.2, 0) is 4.79 Å². The van der Waals surface area contributed by atoms with E-state index < -0.39 is 17.9 Å². The van der Waals surface area contributed by atoms with Crippen molar-refractivity contribution < 1.29 is 24.9 Å². The zero-order valence-electron chi connectivity index (χ0n) is 12.0. The summed E-state index contributed by atoms with van der Waals surface area (Å²) in [6.45, 7) is 2.06. The Balaban J connectivity index is 2.67. The first kappa shape index (κ1) is 16.8. The topological polar surface area (TPSA) is 107 Å². The number of carboxylic acids is 1. The quantitative estimate of drug-likeness (QED) is 0.434. The number of benzene rings is 1. The predicted octanol–water partition coefficient (Wildman–Crippen LogP) is 2.25. The third-order valence-corrected chi connectivity index (χ3v) is 3.17. The van der Waals surface area contributed by atoms with Crippen LogP contribution >= 0.6 is 0 Å². The Hall–Kier alpha value is -2.24. The van der Waals surface area contributed by atoms with Gasteiger partial charge in [-0.25, -0.2) is 4.79 Å². The average molecular weight is 295 g/mol. The van der Waals surface area contributed by atoms with E-state index >= 15 is 0 Å². The SMILES string of the molecule is CCCCCCC(NC(=O)c1cc(O)ccc1O)C(=O)O. The number of rotatable bonds is 8. The maximum Gasteiger partial charge on any atom is 0.326 e. The number of aliphatic carboxylic acids is 1. The van der Waals surface area contributed by atoms with Crippen molar-refractivity contribution in [3.05, 3.63) is 23.8 Å². The number of amides is 1. The van der Waals surface area contributed by atoms with Crippen LogP contribution in [0.5, 0.6) is 11.5 Å². The maximum atomic E-state index is 12.0. The molecule has 6 nitrogen and oxygen atoms in total. The van der Waals surface area contributed by atoms with Gasteiger partial charge in [0, 0.05) is 0 Å². The van der Waals surface area contributed by atoms with E-state index in [1.165, 1.54) is 12.1 Å². The van der Waals surface area contributed by atoms with Crippen molar-refractivity contribution in [3.8, 4) is 11.5 Å². The van der Waals surface area contributed by atoms with Crippen molar-refractivity contribution in [2.45, 2.75) is 45.1 Å². The van der Waals surface area contributed by atoms with Crippen LogP contribution in [0, 0.1) is 0 Å². The normalized spacial score (nSPS) is 11.9. The summed E-state index contributed by atoms with van der Waals surface area (Å²) in [6.07, 6.45) is 4.01. The zero-order valence-corrected chi connectivity index (χ0v) is 12.0. The minimum atomic E-state index is -1.11. The number of aromatic hydroxyl groups is 2. The molecule has 0 radical (unpaired) electrons. The molecule has 0 aliphatic carbocycles. The van der Waals surface area contributed by atoms with E-state index in [4.69, 9.17) is 5.11 Å². The van der Waals surface area contributed by atoms with Gasteiger partial charge in [-0.3, -0.25) is 4.79 Å². The average Bonchev–Trinajstić information content (AvgIpc) is 2.44. The molecule has 0 heterocycles. The number of hydrogen-bond acceptors (Lipinski definition) is 4. The highest BCUT2D eigenvalue weighted by Crippen LogP contribution is 2.22. The van der Waals surface area contributed by atoms with E-state index in [-0.39, 0.29) is 17.1 Å². The summed E-state index contributed by atoms with van der Waals surface area (Å²) < 4.78 is 0. The smallest absolute Gasteiger partial charge is 0.326 e. The first-order valence-corrected chi connectivity index (χ1v) is 7.01. The van der Waals surface area contributed by atoms with Gasteiger partial charge < -0.3 is 20.6 Å². The van der Waals surface area contributed by atoms with Gasteiger partial charge in [-0.2, -0.15) is 0 Å². The molecule has 0 saturated heterocycles. The van der Waals surface area contributed by atoms with Gasteiger partial charge in [0.1, 0.15) is 17.5 Å². The summed E-state index contributed by atoms with van der Waals surface area (Å²) in [5.41, 5.74) is -0.144. The van der Waals surface area contributed by atoms with Gasteiger partial charge in [0.05, 0.1) is 5.56 Å². The number of carbonyl (C=O) groups excluding carboxylic acids is 1. The van der Waals surface area contributed by atoms with E-state index in [0.717, 1.165) is 25.3 Å². The van der Waals surface area contributed by atoms with Crippen LogP contribution < -0.4 is 5.32 Å². The zero-order chi connectivity index (χ0) is 15.8. The van der Waals surface area contributed by atoms with Crippen molar-refractivity contribution >= 4 is 11.9 Å². The molecular weight excluding hydrogens is 274 g/mol. The highest BCUT2D eigenvalue weighted by molar-refractivity contribution is 5.99. The monoisotopic (exact) mass is 295 g/mol. The standard InChI is InChI=1S/C15H21NO5/c1-2-3-4-5-6-12(15(20)21)16-14(19)11-9-10(17)7-8-13(11)18/h7-9,12,17-18H,2-6H2,1H3,(H,16,19)(H,20,21). The number of phenolic OH excluding ortho intramolecular Hbond substituents is 2. The van der Waals surface area contributed by atoms with Crippen LogP contribution in [0.3, 0.4) is 0 Å². The number of carboxylic acid groups (broad SMARTS) is 1. The minimum Gasteiger partial charge on any atom is -0.508 e. The number of phenols is 2. The van der Waals surface area contributed by atoms with Gasteiger partial charge in [-0.1, -0.05) is 32.6 Å². The third kappa shape index (κ3) is 5.33. The predicted molar refractivity (Wildman–Crippen MR) is 77.4 cm³/mol. The molecule has 0 fully saturated rings. The van der Waals surface area contributed by atoms with Gasteiger partial charge in [0.25, 0.3) is 5.91 Å². The second-order valence-corrected chi connectivity index (χ2v) is 4.92.